The molecule has 0 saturated heterocycles. The maximum atomic E-state index is 2.51. The van der Waals surface area contributed by atoms with Crippen molar-refractivity contribution in [2.75, 3.05) is 0 Å². The zero-order valence-corrected chi connectivity index (χ0v) is 35.3. The van der Waals surface area contributed by atoms with Gasteiger partial charge < -0.3 is 30.3 Å². The molecule has 0 fully saturated rings. The van der Waals surface area contributed by atoms with Gasteiger partial charge in [-0.05, 0) is 103 Å². The summed E-state index contributed by atoms with van der Waals surface area (Å²) in [6, 6.07) is 55.1. The van der Waals surface area contributed by atoms with Crippen LogP contribution in [0.15, 0.2) is 146 Å². The van der Waals surface area contributed by atoms with Gasteiger partial charge in [0.1, 0.15) is 0 Å². The van der Waals surface area contributed by atoms with Crippen LogP contribution in [0.4, 0.5) is 0 Å². The molecule has 0 atom stereocenters. The summed E-state index contributed by atoms with van der Waals surface area (Å²) in [5.74, 6) is 0. The molecule has 53 heavy (non-hydrogen) atoms. The summed E-state index contributed by atoms with van der Waals surface area (Å²) in [7, 11) is -1.49. The van der Waals surface area contributed by atoms with Crippen molar-refractivity contribution in [3.05, 3.63) is 168 Å². The Morgan fingerprint density at radius 3 is 1.09 bits per heavy atom. The van der Waals surface area contributed by atoms with Crippen LogP contribution in [-0.4, -0.2) is 0 Å². The van der Waals surface area contributed by atoms with Gasteiger partial charge in [-0.3, -0.25) is 0 Å². The summed E-state index contributed by atoms with van der Waals surface area (Å²) >= 11 is 0. The molecule has 0 bridgehead atoms. The Hall–Kier alpha value is -3.07. The summed E-state index contributed by atoms with van der Waals surface area (Å²) in [6.07, 6.45) is 14.4. The Balaban J connectivity index is 0.000000964. The number of unbranched alkanes of at least 4 members (excludes halogenated alkanes) is 4. The molecule has 286 valence electrons. The molecule has 0 N–H and O–H groups in total. The van der Waals surface area contributed by atoms with Gasteiger partial charge in [0.15, 0.2) is 0 Å². The minimum Gasteiger partial charge on any atom is -0.748 e. The van der Waals surface area contributed by atoms with Crippen LogP contribution < -0.4 is 31.8 Å². The first-order chi connectivity index (χ1) is 25.7. The van der Waals surface area contributed by atoms with E-state index in [0.29, 0.717) is 0 Å². The molecule has 0 saturated carbocycles. The van der Waals surface area contributed by atoms with Gasteiger partial charge in [0.2, 0.25) is 0 Å². The van der Waals surface area contributed by atoms with Crippen molar-refractivity contribution in [1.82, 2.24) is 0 Å². The molecule has 6 rings (SSSR count). The zero-order chi connectivity index (χ0) is 36.4. The van der Waals surface area contributed by atoms with E-state index in [4.69, 9.17) is 0 Å². The van der Waals surface area contributed by atoms with Crippen LogP contribution in [0.25, 0.3) is 0 Å². The molecule has 3 heteroatoms. The molecule has 0 aliphatic carbocycles. The van der Waals surface area contributed by atoms with E-state index in [-0.39, 0.29) is 16.5 Å². The predicted octanol–water partition coefficient (Wildman–Crippen LogP) is 11.7. The third-order valence-electron chi connectivity index (χ3n) is 9.94. The number of benzene rings is 4. The van der Waals surface area contributed by atoms with E-state index in [0.717, 1.165) is 25.7 Å². The molecule has 0 heterocycles. The maximum absolute atomic E-state index is 2.51. The molecule has 0 radical (unpaired) electrons. The third-order valence-corrected chi connectivity index (χ3v) is 15.5. The van der Waals surface area contributed by atoms with Gasteiger partial charge in [-0.1, -0.05) is 158 Å². The molecule has 0 unspecified atom stereocenters. The molecule has 0 spiro atoms. The SMILES string of the molecule is CCCCc1ccccc1P(c1ccccc1CCCC)c1ccc[c-]1P(c1ccccc1CCCC)c1ccccc1CCCC.[Ni].[cH-]1[cH-][cH-][cH-][cH-]1. The molecule has 0 aliphatic rings. The number of hydrogen-bond acceptors (Lipinski definition) is 0. The van der Waals surface area contributed by atoms with E-state index in [1.807, 2.05) is 30.3 Å². The van der Waals surface area contributed by atoms with E-state index in [1.54, 1.807) is 31.8 Å². The Labute approximate surface area is 335 Å². The van der Waals surface area contributed by atoms with Crippen LogP contribution in [0.1, 0.15) is 101 Å². The van der Waals surface area contributed by atoms with Gasteiger partial charge in [-0.15, -0.1) is 10.6 Å². The minimum absolute atomic E-state index is 0. The third kappa shape index (κ3) is 11.7. The smallest absolute Gasteiger partial charge is 0 e. The number of aryl methyl sites for hydroxylation is 4. The molecular formula is C50H60NiP2-6. The van der Waals surface area contributed by atoms with Crippen LogP contribution >= 0.6 is 15.8 Å². The maximum Gasteiger partial charge on any atom is 0 e. The first-order valence-corrected chi connectivity index (χ1v) is 22.7. The van der Waals surface area contributed by atoms with Crippen LogP contribution in [-0.2, 0) is 42.2 Å². The first kappa shape index (κ1) is 42.7. The Kier molecular flexibility index (Phi) is 19.0. The molecule has 0 amide bonds. The number of rotatable bonds is 18. The molecule has 0 nitrogen and oxygen atoms in total. The van der Waals surface area contributed by atoms with Gasteiger partial charge >= 0.3 is 0 Å². The molecule has 0 aliphatic heterocycles. The van der Waals surface area contributed by atoms with E-state index in [1.165, 1.54) is 73.6 Å². The van der Waals surface area contributed by atoms with Crippen molar-refractivity contribution in [2.24, 2.45) is 0 Å². The van der Waals surface area contributed by atoms with Crippen molar-refractivity contribution in [3.8, 4) is 0 Å². The average Bonchev–Trinajstić information content (AvgIpc) is 3.94. The fourth-order valence-corrected chi connectivity index (χ4v) is 13.2. The zero-order valence-electron chi connectivity index (χ0n) is 32.6. The Bertz CT molecular complexity index is 1620. The predicted molar refractivity (Wildman–Crippen MR) is 236 cm³/mol. The van der Waals surface area contributed by atoms with Gasteiger partial charge in [0, 0.05) is 16.5 Å². The van der Waals surface area contributed by atoms with Crippen LogP contribution in [0.5, 0.6) is 0 Å². The van der Waals surface area contributed by atoms with Crippen molar-refractivity contribution in [2.45, 2.75) is 105 Å². The summed E-state index contributed by atoms with van der Waals surface area (Å²) < 4.78 is 0. The van der Waals surface area contributed by atoms with Crippen LogP contribution in [0, 0.1) is 0 Å². The van der Waals surface area contributed by atoms with Gasteiger partial charge in [-0.2, -0.15) is 6.07 Å². The molecular weight excluding hydrogens is 721 g/mol. The summed E-state index contributed by atoms with van der Waals surface area (Å²) in [5, 5.41) is 9.35. The fraction of sp³-hybridized carbons (Fsp3) is 0.320. The average molecular weight is 782 g/mol. The second-order valence-electron chi connectivity index (χ2n) is 13.9. The van der Waals surface area contributed by atoms with E-state index < -0.39 is 15.8 Å². The van der Waals surface area contributed by atoms with Gasteiger partial charge in [-0.25, -0.2) is 12.1 Å². The normalized spacial score (nSPS) is 11.0. The van der Waals surface area contributed by atoms with E-state index >= 15 is 0 Å². The molecule has 6 aromatic carbocycles. The van der Waals surface area contributed by atoms with Crippen LogP contribution in [0.3, 0.4) is 0 Å². The quantitative estimate of drug-likeness (QED) is 0.0463. The largest absolute Gasteiger partial charge is 0.748 e. The minimum atomic E-state index is -0.743. The molecule has 6 aromatic rings. The van der Waals surface area contributed by atoms with Crippen LogP contribution in [0.2, 0.25) is 0 Å². The van der Waals surface area contributed by atoms with Gasteiger partial charge in [0.25, 0.3) is 0 Å². The summed E-state index contributed by atoms with van der Waals surface area (Å²) in [4.78, 5) is 0. The van der Waals surface area contributed by atoms with E-state index in [2.05, 4.69) is 143 Å². The number of hydrogen-bond donors (Lipinski definition) is 0. The van der Waals surface area contributed by atoms with Crippen molar-refractivity contribution in [1.29, 1.82) is 0 Å². The monoisotopic (exact) mass is 780 g/mol. The van der Waals surface area contributed by atoms with Gasteiger partial charge in [0.05, 0.1) is 0 Å². The molecule has 0 aromatic heterocycles. The summed E-state index contributed by atoms with van der Waals surface area (Å²) in [6.45, 7) is 9.28. The van der Waals surface area contributed by atoms with E-state index in [9.17, 15) is 0 Å². The second kappa shape index (κ2) is 23.7. The standard InChI is InChI=1S/C45H55P2.C5H5.Ni/c1-5-9-22-36-26-13-17-30-40(36)46(41-31-18-14-27-37(41)23-10-6-2)44-34-21-35-45(44)47(42-32-19-15-28-38(42)24-11-7-3)43-33-20-16-29-39(43)25-12-8-4;1-2-4-5-3-1;/h13-21,26-35H,5-12,22-25H2,1-4H3;1-5H;/q-1;-5;. The topological polar surface area (TPSA) is 0 Å². The van der Waals surface area contributed by atoms with Crippen molar-refractivity contribution >= 4 is 47.7 Å². The Morgan fingerprint density at radius 2 is 0.736 bits per heavy atom. The summed E-state index contributed by atoms with van der Waals surface area (Å²) in [5.41, 5.74) is 6.14. The Morgan fingerprint density at radius 1 is 0.415 bits per heavy atom. The van der Waals surface area contributed by atoms with Crippen molar-refractivity contribution < 1.29 is 16.5 Å². The second-order valence-corrected chi connectivity index (χ2v) is 18.1. The van der Waals surface area contributed by atoms with Crippen molar-refractivity contribution in [3.63, 3.8) is 0 Å². The fourth-order valence-electron chi connectivity index (χ4n) is 7.11. The first-order valence-electron chi connectivity index (χ1n) is 20.1.